The van der Waals surface area contributed by atoms with Crippen LogP contribution in [0.25, 0.3) is 105 Å². The topological polar surface area (TPSA) is 43.9 Å². The second-order valence-corrected chi connectivity index (χ2v) is 13.3. The Hall–Kier alpha value is -7.04. The molecule has 0 saturated carbocycles. The molecule has 0 aliphatic carbocycles. The van der Waals surface area contributed by atoms with Crippen LogP contribution in [0.2, 0.25) is 0 Å². The first-order valence-electron chi connectivity index (χ1n) is 17.6. The molecule has 8 aromatic carbocycles. The van der Waals surface area contributed by atoms with Crippen LogP contribution in [0.5, 0.6) is 0 Å². The van der Waals surface area contributed by atoms with Crippen molar-refractivity contribution in [3.8, 4) is 39.5 Å². The van der Waals surface area contributed by atoms with Crippen molar-refractivity contribution in [1.29, 1.82) is 0 Å². The third kappa shape index (κ3) is 4.28. The maximum Gasteiger partial charge on any atom is 0.161 e. The van der Waals surface area contributed by atoms with Gasteiger partial charge in [-0.05, 0) is 52.7 Å². The first kappa shape index (κ1) is 28.8. The molecule has 0 unspecified atom stereocenters. The number of para-hydroxylation sites is 4. The lowest BCUT2D eigenvalue weighted by Crippen LogP contribution is -1.96. The molecular weight excluding hydrogens is 635 g/mol. The zero-order valence-corrected chi connectivity index (χ0v) is 28.0. The van der Waals surface area contributed by atoms with Gasteiger partial charge in [0.05, 0.1) is 22.2 Å². The summed E-state index contributed by atoms with van der Waals surface area (Å²) < 4.78 is 9.30. The number of nitrogens with zero attached hydrogens (tertiary/aromatic N) is 3. The normalized spacial score (nSPS) is 11.8. The van der Waals surface area contributed by atoms with Gasteiger partial charge in [-0.15, -0.1) is 0 Å². The largest absolute Gasteiger partial charge is 0.455 e. The van der Waals surface area contributed by atoms with Crippen LogP contribution in [0.4, 0.5) is 0 Å². The van der Waals surface area contributed by atoms with Crippen LogP contribution < -0.4 is 0 Å². The average molecular weight is 664 g/mol. The molecular formula is C48H29N3O. The second kappa shape index (κ2) is 11.2. The Morgan fingerprint density at radius 2 is 1.10 bits per heavy atom. The van der Waals surface area contributed by atoms with E-state index in [0.717, 1.165) is 82.8 Å². The number of furan rings is 1. The molecule has 0 saturated heterocycles. The van der Waals surface area contributed by atoms with Crippen LogP contribution in [0, 0.1) is 0 Å². The van der Waals surface area contributed by atoms with E-state index >= 15 is 0 Å². The van der Waals surface area contributed by atoms with Crippen molar-refractivity contribution in [2.24, 2.45) is 0 Å². The highest BCUT2D eigenvalue weighted by Crippen LogP contribution is 2.44. The van der Waals surface area contributed by atoms with Crippen LogP contribution >= 0.6 is 0 Å². The zero-order chi connectivity index (χ0) is 34.2. The number of aromatic nitrogens is 3. The highest BCUT2D eigenvalue weighted by molar-refractivity contribution is 6.23. The molecule has 0 fully saturated rings. The molecule has 4 nitrogen and oxygen atoms in total. The van der Waals surface area contributed by atoms with E-state index < -0.39 is 0 Å². The van der Waals surface area contributed by atoms with Gasteiger partial charge in [-0.2, -0.15) is 0 Å². The standard InChI is InChI=1S/C48H29N3O/c1-3-14-30(15-4-1)46-38-21-9-11-24-41(38)49-48(50-46)40-29-44-45(37-20-8-7-18-34(37)40)39-23-13-22-33(47(39)52-44)31-26-27-36-35-19-10-12-25-42(35)51(43(36)28-31)32-16-5-2-6-17-32/h1-29H. The highest BCUT2D eigenvalue weighted by Gasteiger charge is 2.21. The number of benzene rings is 8. The molecule has 0 spiro atoms. The molecule has 3 aromatic heterocycles. The van der Waals surface area contributed by atoms with E-state index in [-0.39, 0.29) is 0 Å². The van der Waals surface area contributed by atoms with Gasteiger partial charge in [0.2, 0.25) is 0 Å². The van der Waals surface area contributed by atoms with Gasteiger partial charge in [-0.3, -0.25) is 0 Å². The van der Waals surface area contributed by atoms with Gasteiger partial charge < -0.3 is 8.98 Å². The molecule has 0 bridgehead atoms. The van der Waals surface area contributed by atoms with Crippen molar-refractivity contribution in [2.75, 3.05) is 0 Å². The van der Waals surface area contributed by atoms with Gasteiger partial charge >= 0.3 is 0 Å². The third-order valence-electron chi connectivity index (χ3n) is 10.4. The third-order valence-corrected chi connectivity index (χ3v) is 10.4. The predicted molar refractivity (Wildman–Crippen MR) is 215 cm³/mol. The zero-order valence-electron chi connectivity index (χ0n) is 28.0. The Bertz CT molecular complexity index is 3180. The van der Waals surface area contributed by atoms with E-state index in [0.29, 0.717) is 5.82 Å². The van der Waals surface area contributed by atoms with Gasteiger partial charge in [0.15, 0.2) is 5.82 Å². The van der Waals surface area contributed by atoms with E-state index in [2.05, 4.69) is 162 Å². The number of hydrogen-bond donors (Lipinski definition) is 0. The maximum atomic E-state index is 6.93. The minimum Gasteiger partial charge on any atom is -0.455 e. The summed E-state index contributed by atoms with van der Waals surface area (Å²) in [6.07, 6.45) is 0. The Morgan fingerprint density at radius 1 is 0.423 bits per heavy atom. The van der Waals surface area contributed by atoms with Gasteiger partial charge in [-0.1, -0.05) is 140 Å². The van der Waals surface area contributed by atoms with Crippen molar-refractivity contribution in [2.45, 2.75) is 0 Å². The van der Waals surface area contributed by atoms with Crippen LogP contribution in [-0.2, 0) is 0 Å². The second-order valence-electron chi connectivity index (χ2n) is 13.3. The molecule has 11 aromatic rings. The molecule has 0 aliphatic heterocycles. The van der Waals surface area contributed by atoms with E-state index in [1.165, 1.54) is 16.3 Å². The molecule has 0 aliphatic rings. The van der Waals surface area contributed by atoms with Crippen molar-refractivity contribution in [1.82, 2.24) is 14.5 Å². The summed E-state index contributed by atoms with van der Waals surface area (Å²) in [5.74, 6) is 0.676. The number of hydrogen-bond acceptors (Lipinski definition) is 3. The quantitative estimate of drug-likeness (QED) is 0.188. The number of fused-ring (bicyclic) bond motifs is 9. The Balaban J connectivity index is 1.16. The van der Waals surface area contributed by atoms with Gasteiger partial charge in [0.25, 0.3) is 0 Å². The van der Waals surface area contributed by atoms with Crippen LogP contribution in [-0.4, -0.2) is 14.5 Å². The fourth-order valence-electron chi connectivity index (χ4n) is 8.08. The molecule has 3 heterocycles. The number of rotatable bonds is 4. The fraction of sp³-hybridized carbons (Fsp3) is 0. The smallest absolute Gasteiger partial charge is 0.161 e. The lowest BCUT2D eigenvalue weighted by Gasteiger charge is -2.11. The summed E-state index contributed by atoms with van der Waals surface area (Å²) in [5, 5.41) is 7.87. The summed E-state index contributed by atoms with van der Waals surface area (Å²) in [6.45, 7) is 0. The molecule has 52 heavy (non-hydrogen) atoms. The van der Waals surface area contributed by atoms with E-state index in [4.69, 9.17) is 14.4 Å². The minimum absolute atomic E-state index is 0.676. The Labute approximate surface area is 298 Å². The highest BCUT2D eigenvalue weighted by atomic mass is 16.3. The summed E-state index contributed by atoms with van der Waals surface area (Å²) >= 11 is 0. The predicted octanol–water partition coefficient (Wildman–Crippen LogP) is 12.8. The van der Waals surface area contributed by atoms with Crippen LogP contribution in [0.15, 0.2) is 180 Å². The average Bonchev–Trinajstić information content (AvgIpc) is 3.76. The summed E-state index contributed by atoms with van der Waals surface area (Å²) in [4.78, 5) is 10.4. The molecule has 0 amide bonds. The lowest BCUT2D eigenvalue weighted by atomic mass is 9.96. The maximum absolute atomic E-state index is 6.93. The molecule has 242 valence electrons. The molecule has 4 heteroatoms. The summed E-state index contributed by atoms with van der Waals surface area (Å²) in [7, 11) is 0. The monoisotopic (exact) mass is 663 g/mol. The van der Waals surface area contributed by atoms with Crippen molar-refractivity contribution >= 4 is 65.4 Å². The van der Waals surface area contributed by atoms with Gasteiger partial charge in [0, 0.05) is 49.3 Å². The minimum atomic E-state index is 0.676. The molecule has 0 radical (unpaired) electrons. The Kier molecular flexibility index (Phi) is 6.22. The molecule has 11 rings (SSSR count). The Morgan fingerprint density at radius 3 is 1.94 bits per heavy atom. The lowest BCUT2D eigenvalue weighted by molar-refractivity contribution is 0.670. The summed E-state index contributed by atoms with van der Waals surface area (Å²) in [6, 6.07) is 61.8. The molecule has 0 N–H and O–H groups in total. The van der Waals surface area contributed by atoms with Crippen molar-refractivity contribution in [3.63, 3.8) is 0 Å². The fourth-order valence-corrected chi connectivity index (χ4v) is 8.08. The van der Waals surface area contributed by atoms with Crippen LogP contribution in [0.1, 0.15) is 0 Å². The van der Waals surface area contributed by atoms with Gasteiger partial charge in [-0.25, -0.2) is 9.97 Å². The van der Waals surface area contributed by atoms with Crippen molar-refractivity contribution in [3.05, 3.63) is 176 Å². The van der Waals surface area contributed by atoms with E-state index in [9.17, 15) is 0 Å². The SMILES string of the molecule is c1ccc(-c2nc(-c3cc4oc5c(-c6ccc7c8ccccc8n(-c8ccccc8)c7c6)cccc5c4c4ccccc34)nc3ccccc23)cc1. The van der Waals surface area contributed by atoms with Gasteiger partial charge in [0.1, 0.15) is 11.2 Å². The molecule has 0 atom stereocenters. The van der Waals surface area contributed by atoms with E-state index in [1.54, 1.807) is 0 Å². The first-order chi connectivity index (χ1) is 25.8. The van der Waals surface area contributed by atoms with E-state index in [1.807, 2.05) is 18.2 Å². The summed E-state index contributed by atoms with van der Waals surface area (Å²) in [5.41, 5.74) is 11.2. The van der Waals surface area contributed by atoms with Crippen molar-refractivity contribution < 1.29 is 4.42 Å². The van der Waals surface area contributed by atoms with Crippen LogP contribution in [0.3, 0.4) is 0 Å². The first-order valence-corrected chi connectivity index (χ1v) is 17.6.